The zero-order chi connectivity index (χ0) is 26.8. The molecule has 2 aromatic heterocycles. The Morgan fingerprint density at radius 2 is 2.16 bits per heavy atom. The second-order valence-electron chi connectivity index (χ2n) is 9.78. The number of urea groups is 1. The van der Waals surface area contributed by atoms with Crippen LogP contribution in [0.1, 0.15) is 26.7 Å². The maximum atomic E-state index is 13.0. The third-order valence-corrected chi connectivity index (χ3v) is 8.30. The number of carbonyl (C=O) groups is 2. The number of pyridine rings is 1. The fourth-order valence-corrected chi connectivity index (χ4v) is 6.03. The summed E-state index contributed by atoms with van der Waals surface area (Å²) in [5.74, 6) is -2.42. The summed E-state index contributed by atoms with van der Waals surface area (Å²) in [6.45, 7) is 5.19. The molecule has 2 amide bonds. The topological polar surface area (TPSA) is 132 Å². The van der Waals surface area contributed by atoms with Crippen LogP contribution in [-0.2, 0) is 4.79 Å². The van der Waals surface area contributed by atoms with Crippen molar-refractivity contribution in [2.45, 2.75) is 32.5 Å². The number of hydrogen-bond donors (Lipinski definition) is 4. The number of carboxylic acids is 1. The summed E-state index contributed by atoms with van der Waals surface area (Å²) in [5, 5.41) is 19.4. The number of aromatic nitrogens is 2. The summed E-state index contributed by atoms with van der Waals surface area (Å²) >= 11 is 1.54. The van der Waals surface area contributed by atoms with Crippen molar-refractivity contribution in [2.24, 2.45) is 16.3 Å². The molecule has 0 radical (unpaired) electrons. The van der Waals surface area contributed by atoms with E-state index in [1.165, 1.54) is 0 Å². The molecule has 3 unspecified atom stereocenters. The quantitative estimate of drug-likeness (QED) is 0.363. The van der Waals surface area contributed by atoms with Crippen molar-refractivity contribution in [3.63, 3.8) is 0 Å². The van der Waals surface area contributed by atoms with Gasteiger partial charge in [-0.3, -0.25) is 15.1 Å². The van der Waals surface area contributed by atoms with Gasteiger partial charge in [-0.2, -0.15) is 0 Å². The first-order valence-corrected chi connectivity index (χ1v) is 13.5. The van der Waals surface area contributed by atoms with E-state index in [4.69, 9.17) is 4.99 Å². The smallest absolute Gasteiger partial charge is 0.318 e. The molecule has 0 spiro atoms. The van der Waals surface area contributed by atoms with Crippen LogP contribution in [0, 0.1) is 11.3 Å². The Balaban J connectivity index is 1.63. The van der Waals surface area contributed by atoms with Crippen LogP contribution < -0.4 is 20.9 Å². The maximum absolute atomic E-state index is 13.0. The number of nitrogens with one attached hydrogen (secondary N) is 3. The average molecular weight is 534 g/mol. The van der Waals surface area contributed by atoms with E-state index in [0.717, 1.165) is 27.2 Å². The van der Waals surface area contributed by atoms with Gasteiger partial charge in [0.2, 0.25) is 5.79 Å². The molecule has 1 aromatic carbocycles. The molecule has 3 aromatic rings. The zero-order valence-electron chi connectivity index (χ0n) is 21.3. The van der Waals surface area contributed by atoms with E-state index in [9.17, 15) is 14.7 Å². The first-order chi connectivity index (χ1) is 18.4. The number of fused-ring (bicyclic) bond motifs is 1. The van der Waals surface area contributed by atoms with Gasteiger partial charge in [-0.25, -0.2) is 14.8 Å². The van der Waals surface area contributed by atoms with Gasteiger partial charge >= 0.3 is 12.0 Å². The summed E-state index contributed by atoms with van der Waals surface area (Å²) < 4.78 is 1.01. The minimum atomic E-state index is -1.26. The highest BCUT2D eigenvalue weighted by Crippen LogP contribution is 2.43. The lowest BCUT2D eigenvalue weighted by Gasteiger charge is -2.47. The molecule has 10 nitrogen and oxygen atoms in total. The predicted octanol–water partition coefficient (Wildman–Crippen LogP) is 3.83. The van der Waals surface area contributed by atoms with E-state index in [-0.39, 0.29) is 18.4 Å². The summed E-state index contributed by atoms with van der Waals surface area (Å²) in [5.41, 5.74) is 4.13. The molecule has 3 atom stereocenters. The Bertz CT molecular complexity index is 1390. The molecule has 2 aliphatic rings. The second-order valence-corrected chi connectivity index (χ2v) is 10.6. The molecule has 198 valence electrons. The zero-order valence-corrected chi connectivity index (χ0v) is 22.2. The average Bonchev–Trinajstić information content (AvgIpc) is 3.39. The highest BCUT2D eigenvalue weighted by Gasteiger charge is 2.50. The van der Waals surface area contributed by atoms with Gasteiger partial charge in [0.15, 0.2) is 0 Å². The van der Waals surface area contributed by atoms with Gasteiger partial charge in [0.05, 0.1) is 26.8 Å². The molecule has 11 heteroatoms. The van der Waals surface area contributed by atoms with Gasteiger partial charge in [0.1, 0.15) is 0 Å². The lowest BCUT2D eigenvalue weighted by atomic mass is 9.69. The highest BCUT2D eigenvalue weighted by molar-refractivity contribution is 7.17. The summed E-state index contributed by atoms with van der Waals surface area (Å²) in [7, 11) is 0. The molecule has 5 rings (SSSR count). The third kappa shape index (κ3) is 4.74. The minimum absolute atomic E-state index is 0.273. The van der Waals surface area contributed by atoms with Gasteiger partial charge in [-0.15, -0.1) is 11.3 Å². The number of carboxylic acid groups (broad SMARTS) is 1. The van der Waals surface area contributed by atoms with Crippen molar-refractivity contribution in [1.29, 1.82) is 0 Å². The number of hydrogen-bond acceptors (Lipinski definition) is 8. The molecular weight excluding hydrogens is 502 g/mol. The van der Waals surface area contributed by atoms with Crippen LogP contribution in [0.4, 0.5) is 10.5 Å². The van der Waals surface area contributed by atoms with E-state index in [0.29, 0.717) is 26.1 Å². The summed E-state index contributed by atoms with van der Waals surface area (Å²) in [6.07, 6.45) is 7.83. The normalized spacial score (nSPS) is 24.9. The number of carbonyl (C=O) groups excluding carboxylic acids is 1. The largest absolute Gasteiger partial charge is 0.481 e. The molecule has 0 bridgehead atoms. The van der Waals surface area contributed by atoms with Gasteiger partial charge in [0, 0.05) is 42.8 Å². The molecule has 0 saturated carbocycles. The van der Waals surface area contributed by atoms with E-state index in [1.54, 1.807) is 42.3 Å². The first-order valence-electron chi connectivity index (χ1n) is 12.7. The molecule has 38 heavy (non-hydrogen) atoms. The number of nitrogens with zero attached hydrogens (tertiary/aromatic N) is 4. The standard InChI is InChI=1S/C27H31N7O3S/c1-3-29-25(37)33-27(15-18-16-28-11-8-26(18,2)24(35)36)32-10-6-12-34(27)19-13-20(21-7-4-5-9-30-21)23-22(14-19)31-17-38-23/h4-7,9-10,12-14,17-18,28H,3,8,11,15-16H2,1-2H3,(H,35,36)(H2,29,33,37). The Morgan fingerprint density at radius 3 is 2.92 bits per heavy atom. The van der Waals surface area contributed by atoms with Crippen LogP contribution in [-0.4, -0.2) is 58.7 Å². The van der Waals surface area contributed by atoms with Crippen LogP contribution in [0.2, 0.25) is 0 Å². The molecule has 2 aliphatic heterocycles. The summed E-state index contributed by atoms with van der Waals surface area (Å²) in [4.78, 5) is 41.3. The molecule has 4 heterocycles. The van der Waals surface area contributed by atoms with Crippen LogP contribution in [0.15, 0.2) is 59.3 Å². The fourth-order valence-electron chi connectivity index (χ4n) is 5.24. The predicted molar refractivity (Wildman–Crippen MR) is 149 cm³/mol. The van der Waals surface area contributed by atoms with Crippen molar-refractivity contribution in [2.75, 3.05) is 24.5 Å². The molecule has 1 saturated heterocycles. The number of rotatable bonds is 7. The van der Waals surface area contributed by atoms with E-state index in [1.807, 2.05) is 48.4 Å². The molecule has 0 aliphatic carbocycles. The van der Waals surface area contributed by atoms with Gasteiger partial charge in [-0.1, -0.05) is 6.07 Å². The van der Waals surface area contributed by atoms with Crippen LogP contribution in [0.25, 0.3) is 21.5 Å². The van der Waals surface area contributed by atoms with Gasteiger partial charge in [0.25, 0.3) is 0 Å². The number of benzene rings is 1. The maximum Gasteiger partial charge on any atom is 0.318 e. The SMILES string of the molecule is CCNC(=O)NC1(CC2CNCCC2(C)C(=O)O)N=CC=CN1c1cc(-c2ccccn2)c2scnc2c1. The van der Waals surface area contributed by atoms with Crippen LogP contribution in [0.3, 0.4) is 0 Å². The Labute approximate surface area is 224 Å². The van der Waals surface area contributed by atoms with Crippen molar-refractivity contribution >= 4 is 45.5 Å². The molecular formula is C27H31N7O3S. The second kappa shape index (κ2) is 10.5. The first kappa shape index (κ1) is 25.8. The number of aliphatic carboxylic acids is 1. The Kier molecular flexibility index (Phi) is 7.13. The van der Waals surface area contributed by atoms with Gasteiger partial charge in [-0.05, 0) is 69.6 Å². The van der Waals surface area contributed by atoms with E-state index < -0.39 is 17.2 Å². The molecule has 4 N–H and O–H groups in total. The lowest BCUT2D eigenvalue weighted by molar-refractivity contribution is -0.153. The Morgan fingerprint density at radius 1 is 1.29 bits per heavy atom. The number of aliphatic imine (C=N–C) groups is 1. The van der Waals surface area contributed by atoms with Gasteiger partial charge < -0.3 is 20.6 Å². The number of anilines is 1. The van der Waals surface area contributed by atoms with Crippen molar-refractivity contribution in [1.82, 2.24) is 25.9 Å². The fraction of sp³-hybridized carbons (Fsp3) is 0.370. The van der Waals surface area contributed by atoms with E-state index >= 15 is 0 Å². The third-order valence-electron chi connectivity index (χ3n) is 7.43. The van der Waals surface area contributed by atoms with Crippen LogP contribution in [0.5, 0.6) is 0 Å². The lowest BCUT2D eigenvalue weighted by Crippen LogP contribution is -2.64. The summed E-state index contributed by atoms with van der Waals surface area (Å²) in [6, 6.07) is 9.37. The van der Waals surface area contributed by atoms with E-state index in [2.05, 4.69) is 25.9 Å². The monoisotopic (exact) mass is 533 g/mol. The van der Waals surface area contributed by atoms with Crippen molar-refractivity contribution < 1.29 is 14.7 Å². The number of allylic oxidation sites excluding steroid dienone is 1. The number of thiazole rings is 1. The number of piperidine rings is 1. The van der Waals surface area contributed by atoms with Crippen LogP contribution >= 0.6 is 11.3 Å². The highest BCUT2D eigenvalue weighted by atomic mass is 32.1. The Hall–Kier alpha value is -3.83. The van der Waals surface area contributed by atoms with Crippen molar-refractivity contribution in [3.05, 3.63) is 54.3 Å². The molecule has 1 fully saturated rings. The number of amides is 2. The minimum Gasteiger partial charge on any atom is -0.481 e. The van der Waals surface area contributed by atoms with Crippen molar-refractivity contribution in [3.8, 4) is 11.3 Å².